The van der Waals surface area contributed by atoms with Gasteiger partial charge in [0.2, 0.25) is 0 Å². The van der Waals surface area contributed by atoms with Crippen LogP contribution in [0.5, 0.6) is 0 Å². The Morgan fingerprint density at radius 1 is 0.963 bits per heavy atom. The van der Waals surface area contributed by atoms with Crippen molar-refractivity contribution >= 4 is 11.6 Å². The average Bonchev–Trinajstić information content (AvgIpc) is 3.16. The number of nitrogens with zero attached hydrogens (tertiary/aromatic N) is 1. The number of aryl methyl sites for hydroxylation is 2. The van der Waals surface area contributed by atoms with Gasteiger partial charge in [-0.05, 0) is 66.1 Å². The number of carbonyl (C=O) groups excluding carboxylic acids is 1. The van der Waals surface area contributed by atoms with Gasteiger partial charge < -0.3 is 5.32 Å². The highest BCUT2D eigenvalue weighted by atomic mass is 16.1. The van der Waals surface area contributed by atoms with Crippen molar-refractivity contribution in [3.05, 3.63) is 83.0 Å². The molecule has 0 atom stereocenters. The van der Waals surface area contributed by atoms with E-state index in [0.29, 0.717) is 11.5 Å². The van der Waals surface area contributed by atoms with Crippen LogP contribution in [-0.4, -0.2) is 10.9 Å². The second-order valence-electron chi connectivity index (χ2n) is 7.50. The van der Waals surface area contributed by atoms with Gasteiger partial charge in [0.25, 0.3) is 5.91 Å². The zero-order valence-electron chi connectivity index (χ0n) is 15.8. The molecule has 0 aliphatic heterocycles. The Morgan fingerprint density at radius 3 is 2.44 bits per heavy atom. The third kappa shape index (κ3) is 3.77. The number of nitrogens with one attached hydrogen (secondary N) is 1. The molecule has 1 heterocycles. The van der Waals surface area contributed by atoms with Crippen molar-refractivity contribution in [2.75, 3.05) is 5.32 Å². The van der Waals surface area contributed by atoms with E-state index in [9.17, 15) is 4.79 Å². The number of fused-ring (bicyclic) bond motifs is 1. The number of carbonyl (C=O) groups is 1. The van der Waals surface area contributed by atoms with Gasteiger partial charge in [0.1, 0.15) is 0 Å². The molecule has 136 valence electrons. The monoisotopic (exact) mass is 356 g/mol. The molecule has 2 aromatic carbocycles. The lowest BCUT2D eigenvalue weighted by Crippen LogP contribution is -2.12. The number of hydrogen-bond donors (Lipinski definition) is 1. The number of anilines is 1. The highest BCUT2D eigenvalue weighted by molar-refractivity contribution is 6.04. The zero-order chi connectivity index (χ0) is 18.8. The van der Waals surface area contributed by atoms with Crippen molar-refractivity contribution in [2.45, 2.75) is 39.0 Å². The second-order valence-corrected chi connectivity index (χ2v) is 7.50. The van der Waals surface area contributed by atoms with Gasteiger partial charge in [0.15, 0.2) is 0 Å². The van der Waals surface area contributed by atoms with Crippen molar-refractivity contribution in [3.8, 4) is 11.3 Å². The molecule has 1 amide bonds. The Kier molecular flexibility index (Phi) is 4.76. The Labute approximate surface area is 160 Å². The van der Waals surface area contributed by atoms with Gasteiger partial charge >= 0.3 is 0 Å². The first-order valence-corrected chi connectivity index (χ1v) is 9.60. The van der Waals surface area contributed by atoms with E-state index in [1.54, 1.807) is 6.20 Å². The summed E-state index contributed by atoms with van der Waals surface area (Å²) in [5, 5.41) is 2.99. The smallest absolute Gasteiger partial charge is 0.257 e. The summed E-state index contributed by atoms with van der Waals surface area (Å²) < 4.78 is 0. The fourth-order valence-electron chi connectivity index (χ4n) is 3.59. The normalized spacial score (nSPS) is 12.9. The summed E-state index contributed by atoms with van der Waals surface area (Å²) in [6.07, 6.45) is 5.10. The SMILES string of the molecule is CC(C)c1ccc(-c2ccc(C(=O)Nc3ccc4c(c3)CCC4)cn2)cc1. The van der Waals surface area contributed by atoms with Crippen LogP contribution in [-0.2, 0) is 12.8 Å². The number of aromatic nitrogens is 1. The van der Waals surface area contributed by atoms with Gasteiger partial charge in [-0.25, -0.2) is 0 Å². The van der Waals surface area contributed by atoms with Crippen molar-refractivity contribution < 1.29 is 4.79 Å². The van der Waals surface area contributed by atoms with Gasteiger partial charge in [0, 0.05) is 17.4 Å². The Hall–Kier alpha value is -2.94. The van der Waals surface area contributed by atoms with E-state index in [1.165, 1.54) is 23.1 Å². The number of benzene rings is 2. The van der Waals surface area contributed by atoms with E-state index < -0.39 is 0 Å². The minimum Gasteiger partial charge on any atom is -0.322 e. The molecule has 3 heteroatoms. The summed E-state index contributed by atoms with van der Waals surface area (Å²) >= 11 is 0. The van der Waals surface area contributed by atoms with Gasteiger partial charge in [0.05, 0.1) is 11.3 Å². The first kappa shape index (κ1) is 17.5. The number of hydrogen-bond acceptors (Lipinski definition) is 2. The van der Waals surface area contributed by atoms with Crippen LogP contribution >= 0.6 is 0 Å². The van der Waals surface area contributed by atoms with E-state index in [4.69, 9.17) is 0 Å². The molecular weight excluding hydrogens is 332 g/mol. The van der Waals surface area contributed by atoms with Crippen molar-refractivity contribution in [1.82, 2.24) is 4.98 Å². The zero-order valence-corrected chi connectivity index (χ0v) is 15.8. The first-order chi connectivity index (χ1) is 13.1. The van der Waals surface area contributed by atoms with Crippen LogP contribution in [0, 0.1) is 0 Å². The van der Waals surface area contributed by atoms with Crippen molar-refractivity contribution in [2.24, 2.45) is 0 Å². The van der Waals surface area contributed by atoms with Gasteiger partial charge in [-0.2, -0.15) is 0 Å². The van der Waals surface area contributed by atoms with Crippen LogP contribution in [0.1, 0.15) is 53.2 Å². The quantitative estimate of drug-likeness (QED) is 0.660. The third-order valence-electron chi connectivity index (χ3n) is 5.26. The van der Waals surface area contributed by atoms with E-state index in [-0.39, 0.29) is 5.91 Å². The summed E-state index contributed by atoms with van der Waals surface area (Å²) in [6.45, 7) is 4.36. The van der Waals surface area contributed by atoms with Crippen LogP contribution in [0.2, 0.25) is 0 Å². The van der Waals surface area contributed by atoms with Crippen LogP contribution in [0.25, 0.3) is 11.3 Å². The topological polar surface area (TPSA) is 42.0 Å². The molecule has 0 fully saturated rings. The third-order valence-corrected chi connectivity index (χ3v) is 5.26. The van der Waals surface area contributed by atoms with Gasteiger partial charge in [-0.1, -0.05) is 44.2 Å². The standard InChI is InChI=1S/C24H24N2O/c1-16(2)17-6-8-19(9-7-17)23-13-11-21(15-25-23)24(27)26-22-12-10-18-4-3-5-20(18)14-22/h6-16H,3-5H2,1-2H3,(H,26,27). The largest absolute Gasteiger partial charge is 0.322 e. The molecule has 4 rings (SSSR count). The van der Waals surface area contributed by atoms with Crippen LogP contribution in [0.4, 0.5) is 5.69 Å². The maximum absolute atomic E-state index is 12.5. The molecule has 0 unspecified atom stereocenters. The summed E-state index contributed by atoms with van der Waals surface area (Å²) in [4.78, 5) is 17.0. The number of pyridine rings is 1. The van der Waals surface area contributed by atoms with E-state index in [1.807, 2.05) is 18.2 Å². The maximum atomic E-state index is 12.5. The summed E-state index contributed by atoms with van der Waals surface area (Å²) in [6, 6.07) is 18.4. The van der Waals surface area contributed by atoms with Gasteiger partial charge in [-0.3, -0.25) is 9.78 Å². The van der Waals surface area contributed by atoms with E-state index >= 15 is 0 Å². The molecule has 0 spiro atoms. The Bertz CT molecular complexity index is 957. The van der Waals surface area contributed by atoms with E-state index in [0.717, 1.165) is 29.8 Å². The van der Waals surface area contributed by atoms with Crippen LogP contribution in [0.3, 0.4) is 0 Å². The average molecular weight is 356 g/mol. The lowest BCUT2D eigenvalue weighted by molar-refractivity contribution is 0.102. The molecule has 1 aliphatic carbocycles. The molecule has 0 radical (unpaired) electrons. The highest BCUT2D eigenvalue weighted by Gasteiger charge is 2.13. The molecule has 27 heavy (non-hydrogen) atoms. The minimum absolute atomic E-state index is 0.123. The molecule has 1 aliphatic rings. The number of amides is 1. The van der Waals surface area contributed by atoms with Gasteiger partial charge in [-0.15, -0.1) is 0 Å². The Morgan fingerprint density at radius 2 is 1.74 bits per heavy atom. The van der Waals surface area contributed by atoms with Crippen molar-refractivity contribution in [1.29, 1.82) is 0 Å². The molecule has 1 N–H and O–H groups in total. The van der Waals surface area contributed by atoms with Crippen LogP contribution in [0.15, 0.2) is 60.8 Å². The summed E-state index contributed by atoms with van der Waals surface area (Å²) in [5.41, 5.74) is 7.43. The molecule has 0 saturated heterocycles. The minimum atomic E-state index is -0.123. The molecular formula is C24H24N2O. The van der Waals surface area contributed by atoms with Crippen molar-refractivity contribution in [3.63, 3.8) is 0 Å². The second kappa shape index (κ2) is 7.36. The fourth-order valence-corrected chi connectivity index (χ4v) is 3.59. The summed E-state index contributed by atoms with van der Waals surface area (Å²) in [5.74, 6) is 0.388. The maximum Gasteiger partial charge on any atom is 0.257 e. The molecule has 0 bridgehead atoms. The lowest BCUT2D eigenvalue weighted by Gasteiger charge is -2.09. The summed E-state index contributed by atoms with van der Waals surface area (Å²) in [7, 11) is 0. The molecule has 1 aromatic heterocycles. The highest BCUT2D eigenvalue weighted by Crippen LogP contribution is 2.25. The molecule has 3 aromatic rings. The number of rotatable bonds is 4. The predicted octanol–water partition coefficient (Wildman–Crippen LogP) is 5.61. The molecule has 3 nitrogen and oxygen atoms in total. The first-order valence-electron chi connectivity index (χ1n) is 9.60. The Balaban J connectivity index is 1.47. The molecule has 0 saturated carbocycles. The lowest BCUT2D eigenvalue weighted by atomic mass is 10.0. The predicted molar refractivity (Wildman–Crippen MR) is 110 cm³/mol. The van der Waals surface area contributed by atoms with E-state index in [2.05, 4.69) is 60.5 Å². The van der Waals surface area contributed by atoms with Crippen LogP contribution < -0.4 is 5.32 Å². The fraction of sp³-hybridized carbons (Fsp3) is 0.250.